The predicted octanol–water partition coefficient (Wildman–Crippen LogP) is 3.96. The molecular weight excluding hydrogens is 410 g/mol. The summed E-state index contributed by atoms with van der Waals surface area (Å²) < 4.78 is 35.6. The van der Waals surface area contributed by atoms with Gasteiger partial charge in [-0.2, -0.15) is 17.4 Å². The summed E-state index contributed by atoms with van der Waals surface area (Å²) in [6.07, 6.45) is 10.5. The first-order chi connectivity index (χ1) is 14.9. The second kappa shape index (κ2) is 14.0. The normalized spacial score (nSPS) is 19.7. The first kappa shape index (κ1) is 26.0. The third kappa shape index (κ3) is 9.83. The summed E-state index contributed by atoms with van der Waals surface area (Å²) in [4.78, 5) is 2.29. The number of benzene rings is 1. The van der Waals surface area contributed by atoms with Gasteiger partial charge in [-0.3, -0.25) is 0 Å². The van der Waals surface area contributed by atoms with E-state index >= 15 is 0 Å². The monoisotopic (exact) mass is 451 g/mol. The Bertz CT molecular complexity index is 719. The third-order valence-electron chi connectivity index (χ3n) is 6.07. The van der Waals surface area contributed by atoms with E-state index in [0.717, 1.165) is 57.4 Å². The highest BCUT2D eigenvalue weighted by Gasteiger charge is 2.30. The van der Waals surface area contributed by atoms with Crippen molar-refractivity contribution in [1.82, 2.24) is 13.9 Å². The number of hydrogen-bond acceptors (Lipinski definition) is 4. The molecule has 0 aliphatic heterocycles. The fourth-order valence-electron chi connectivity index (χ4n) is 4.04. The van der Waals surface area contributed by atoms with Crippen LogP contribution in [0.3, 0.4) is 0 Å². The van der Waals surface area contributed by atoms with Crippen molar-refractivity contribution in [2.45, 2.75) is 70.1 Å². The summed E-state index contributed by atoms with van der Waals surface area (Å²) in [7, 11) is 0.333. The van der Waals surface area contributed by atoms with Crippen LogP contribution in [0.4, 0.5) is 0 Å². The zero-order valence-corrected chi connectivity index (χ0v) is 20.2. The second-order valence-electron chi connectivity index (χ2n) is 8.59. The molecule has 0 aromatic heterocycles. The van der Waals surface area contributed by atoms with Crippen molar-refractivity contribution in [2.24, 2.45) is 0 Å². The van der Waals surface area contributed by atoms with Gasteiger partial charge in [0.1, 0.15) is 0 Å². The van der Waals surface area contributed by atoms with Gasteiger partial charge in [-0.25, -0.2) is 0 Å². The fourth-order valence-corrected chi connectivity index (χ4v) is 5.20. The summed E-state index contributed by atoms with van der Waals surface area (Å²) in [6.45, 7) is 6.96. The molecule has 1 fully saturated rings. The zero-order valence-electron chi connectivity index (χ0n) is 19.3. The molecule has 31 heavy (non-hydrogen) atoms. The highest BCUT2D eigenvalue weighted by Crippen LogP contribution is 2.26. The van der Waals surface area contributed by atoms with Crippen LogP contribution >= 0.6 is 0 Å². The second-order valence-corrected chi connectivity index (χ2v) is 10.4. The van der Waals surface area contributed by atoms with E-state index in [9.17, 15) is 8.42 Å². The van der Waals surface area contributed by atoms with Crippen molar-refractivity contribution in [1.29, 1.82) is 0 Å². The van der Waals surface area contributed by atoms with Crippen molar-refractivity contribution < 1.29 is 13.2 Å². The van der Waals surface area contributed by atoms with E-state index in [4.69, 9.17) is 4.74 Å². The number of likely N-dealkylation sites (N-methyl/N-ethyl adjacent to an activating group) is 1. The van der Waals surface area contributed by atoms with Crippen molar-refractivity contribution in [3.05, 3.63) is 48.6 Å². The minimum Gasteiger partial charge on any atom is -0.378 e. The molecule has 0 amide bonds. The van der Waals surface area contributed by atoms with Crippen LogP contribution in [0.2, 0.25) is 0 Å². The van der Waals surface area contributed by atoms with Crippen molar-refractivity contribution >= 4 is 10.2 Å². The maximum atomic E-state index is 12.6. The Kier molecular flexibility index (Phi) is 11.8. The average molecular weight is 452 g/mol. The molecule has 7 heteroatoms. The van der Waals surface area contributed by atoms with Gasteiger partial charge in [0.2, 0.25) is 0 Å². The lowest BCUT2D eigenvalue weighted by molar-refractivity contribution is 0.0155. The molecule has 0 spiro atoms. The van der Waals surface area contributed by atoms with Crippen LogP contribution in [-0.4, -0.2) is 63.6 Å². The van der Waals surface area contributed by atoms with E-state index < -0.39 is 10.2 Å². The van der Waals surface area contributed by atoms with Crippen molar-refractivity contribution in [3.8, 4) is 0 Å². The Morgan fingerprint density at radius 1 is 1.06 bits per heavy atom. The summed E-state index contributed by atoms with van der Waals surface area (Å²) >= 11 is 0. The summed E-state index contributed by atoms with van der Waals surface area (Å²) in [5.41, 5.74) is 0.959. The Balaban J connectivity index is 1.58. The van der Waals surface area contributed by atoms with Crippen LogP contribution in [0.25, 0.3) is 0 Å². The molecule has 0 heterocycles. The highest BCUT2D eigenvalue weighted by molar-refractivity contribution is 7.87. The van der Waals surface area contributed by atoms with Gasteiger partial charge in [-0.15, -0.1) is 6.58 Å². The SMILES string of the molecule is C=CCN(C)CCCCCCO[C@H]1CC[C@H](N(C)S(=O)(=O)NCc2ccccc2)CC1. The Hall–Kier alpha value is -1.25. The maximum absolute atomic E-state index is 12.6. The maximum Gasteiger partial charge on any atom is 0.279 e. The molecule has 0 saturated heterocycles. The van der Waals surface area contributed by atoms with Crippen molar-refractivity contribution in [2.75, 3.05) is 33.8 Å². The molecular formula is C24H41N3O3S. The molecule has 0 atom stereocenters. The van der Waals surface area contributed by atoms with Gasteiger partial charge in [0.05, 0.1) is 6.10 Å². The largest absolute Gasteiger partial charge is 0.378 e. The van der Waals surface area contributed by atoms with E-state index in [1.807, 2.05) is 36.4 Å². The molecule has 0 bridgehead atoms. The average Bonchev–Trinajstić information content (AvgIpc) is 2.78. The lowest BCUT2D eigenvalue weighted by Crippen LogP contribution is -2.45. The molecule has 1 aliphatic rings. The number of nitrogens with zero attached hydrogens (tertiary/aromatic N) is 2. The molecule has 1 saturated carbocycles. The Labute approximate surface area is 189 Å². The van der Waals surface area contributed by atoms with E-state index in [1.165, 1.54) is 23.6 Å². The van der Waals surface area contributed by atoms with Crippen LogP contribution in [-0.2, 0) is 21.5 Å². The summed E-state index contributed by atoms with van der Waals surface area (Å²) in [5, 5.41) is 0. The van der Waals surface area contributed by atoms with Gasteiger partial charge < -0.3 is 9.64 Å². The molecule has 1 aliphatic carbocycles. The van der Waals surface area contributed by atoms with Gasteiger partial charge in [0, 0.05) is 32.8 Å². The van der Waals surface area contributed by atoms with Gasteiger partial charge in [-0.1, -0.05) is 49.2 Å². The fraction of sp³-hybridized carbons (Fsp3) is 0.667. The number of unbranched alkanes of at least 4 members (excludes halogenated alkanes) is 3. The molecule has 6 nitrogen and oxygen atoms in total. The predicted molar refractivity (Wildman–Crippen MR) is 128 cm³/mol. The first-order valence-electron chi connectivity index (χ1n) is 11.6. The minimum atomic E-state index is -3.48. The summed E-state index contributed by atoms with van der Waals surface area (Å²) in [6, 6.07) is 9.64. The Morgan fingerprint density at radius 3 is 2.42 bits per heavy atom. The van der Waals surface area contributed by atoms with E-state index in [2.05, 4.69) is 23.2 Å². The molecule has 0 radical (unpaired) electrons. The molecule has 2 rings (SSSR count). The van der Waals surface area contributed by atoms with E-state index in [-0.39, 0.29) is 12.1 Å². The van der Waals surface area contributed by atoms with E-state index in [0.29, 0.717) is 6.54 Å². The lowest BCUT2D eigenvalue weighted by Gasteiger charge is -2.34. The number of ether oxygens (including phenoxy) is 1. The highest BCUT2D eigenvalue weighted by atomic mass is 32.2. The third-order valence-corrected chi connectivity index (χ3v) is 7.63. The number of rotatable bonds is 15. The van der Waals surface area contributed by atoms with Crippen LogP contribution < -0.4 is 4.72 Å². The quantitative estimate of drug-likeness (QED) is 0.324. The topological polar surface area (TPSA) is 61.9 Å². The van der Waals surface area contributed by atoms with Gasteiger partial charge in [0.15, 0.2) is 0 Å². The Morgan fingerprint density at radius 2 is 1.74 bits per heavy atom. The number of nitrogens with one attached hydrogen (secondary N) is 1. The summed E-state index contributed by atoms with van der Waals surface area (Å²) in [5.74, 6) is 0. The number of hydrogen-bond donors (Lipinski definition) is 1. The van der Waals surface area contributed by atoms with Gasteiger partial charge >= 0.3 is 0 Å². The standard InChI is InChI=1S/C24H41N3O3S/c1-4-18-26(2)19-10-5-6-11-20-30-24-16-14-23(15-17-24)27(3)31(28,29)25-21-22-12-8-7-9-13-22/h4,7-9,12-13,23-25H,1,5-6,10-11,14-21H2,2-3H3/t23-,24-. The smallest absolute Gasteiger partial charge is 0.279 e. The molecule has 1 aromatic carbocycles. The van der Waals surface area contributed by atoms with Crippen molar-refractivity contribution in [3.63, 3.8) is 0 Å². The van der Waals surface area contributed by atoms with Crippen LogP contribution in [0, 0.1) is 0 Å². The van der Waals surface area contributed by atoms with Gasteiger partial charge in [-0.05, 0) is 57.7 Å². The van der Waals surface area contributed by atoms with E-state index in [1.54, 1.807) is 7.05 Å². The first-order valence-corrected chi connectivity index (χ1v) is 13.0. The lowest BCUT2D eigenvalue weighted by atomic mass is 9.93. The van der Waals surface area contributed by atoms with Gasteiger partial charge in [0.25, 0.3) is 10.2 Å². The molecule has 1 N–H and O–H groups in total. The van der Waals surface area contributed by atoms with Crippen LogP contribution in [0.1, 0.15) is 56.9 Å². The minimum absolute atomic E-state index is 0.0423. The molecule has 0 unspecified atom stereocenters. The zero-order chi connectivity index (χ0) is 22.5. The van der Waals surface area contributed by atoms with Crippen LogP contribution in [0.5, 0.6) is 0 Å². The van der Waals surface area contributed by atoms with Crippen LogP contribution in [0.15, 0.2) is 43.0 Å². The molecule has 1 aromatic rings. The molecule has 176 valence electrons.